The van der Waals surface area contributed by atoms with Gasteiger partial charge in [0.15, 0.2) is 0 Å². The molecule has 0 saturated carbocycles. The summed E-state index contributed by atoms with van der Waals surface area (Å²) in [7, 11) is 2.11. The lowest BCUT2D eigenvalue weighted by molar-refractivity contribution is 0.237. The molecule has 5 nitrogen and oxygen atoms in total. The maximum Gasteiger partial charge on any atom is 0.137 e. The summed E-state index contributed by atoms with van der Waals surface area (Å²) in [5.41, 5.74) is 4.07. The second-order valence-corrected chi connectivity index (χ2v) is 6.18. The number of aromatic nitrogens is 3. The van der Waals surface area contributed by atoms with Crippen LogP contribution in [0.3, 0.4) is 0 Å². The van der Waals surface area contributed by atoms with E-state index in [1.165, 1.54) is 18.5 Å². The smallest absolute Gasteiger partial charge is 0.137 e. The van der Waals surface area contributed by atoms with E-state index in [0.717, 1.165) is 24.4 Å². The summed E-state index contributed by atoms with van der Waals surface area (Å²) in [6.45, 7) is 1.95. The third-order valence-corrected chi connectivity index (χ3v) is 4.77. The summed E-state index contributed by atoms with van der Waals surface area (Å²) in [5.74, 6) is 0. The van der Waals surface area contributed by atoms with E-state index in [4.69, 9.17) is 5.26 Å². The fourth-order valence-electron chi connectivity index (χ4n) is 3.59. The number of rotatable bonds is 3. The number of fused-ring (bicyclic) bond motifs is 1. The molecule has 0 spiro atoms. The minimum Gasteiger partial charge on any atom is -0.353 e. The quantitative estimate of drug-likeness (QED) is 0.747. The highest BCUT2D eigenvalue weighted by Crippen LogP contribution is 2.33. The van der Waals surface area contributed by atoms with E-state index >= 15 is 0 Å². The van der Waals surface area contributed by atoms with Crippen LogP contribution in [0.1, 0.15) is 35.8 Å². The molecule has 23 heavy (non-hydrogen) atoms. The highest BCUT2D eigenvalue weighted by atomic mass is 15.2. The number of hydrogen-bond acceptors (Lipinski definition) is 3. The average molecular weight is 305 g/mol. The van der Waals surface area contributed by atoms with Crippen molar-refractivity contribution in [3.8, 4) is 6.07 Å². The molecule has 0 N–H and O–H groups in total. The van der Waals surface area contributed by atoms with Gasteiger partial charge in [-0.2, -0.15) is 5.26 Å². The molecule has 0 amide bonds. The monoisotopic (exact) mass is 305 g/mol. The summed E-state index contributed by atoms with van der Waals surface area (Å²) in [6, 6.07) is 10.7. The number of hydrogen-bond donors (Lipinski definition) is 0. The topological polar surface area (TPSA) is 49.3 Å². The van der Waals surface area contributed by atoms with Crippen molar-refractivity contribution in [3.63, 3.8) is 0 Å². The Labute approximate surface area is 135 Å². The van der Waals surface area contributed by atoms with Crippen LogP contribution in [0.15, 0.2) is 42.9 Å². The number of nitrogens with zero attached hydrogens (tertiary/aromatic N) is 5. The number of likely N-dealkylation sites (tertiary alicyclic amines) is 1. The number of nitriles is 1. The standard InChI is InChI=1S/C18H19N5/c1-21-8-2-4-16(21)17-5-3-9-22(17)13-15-11-20-18-7-6-14(10-19)12-23(15)18/h2,4,6-8,11-12,17H,3,5,9,13H2,1H3. The van der Waals surface area contributed by atoms with Crippen molar-refractivity contribution in [1.29, 1.82) is 5.26 Å². The van der Waals surface area contributed by atoms with Crippen LogP contribution in [-0.4, -0.2) is 25.4 Å². The van der Waals surface area contributed by atoms with E-state index in [0.29, 0.717) is 11.6 Å². The third-order valence-electron chi connectivity index (χ3n) is 4.77. The lowest BCUT2D eigenvalue weighted by Gasteiger charge is -2.24. The molecule has 3 aromatic rings. The Morgan fingerprint density at radius 1 is 1.35 bits per heavy atom. The fourth-order valence-corrected chi connectivity index (χ4v) is 3.59. The summed E-state index contributed by atoms with van der Waals surface area (Å²) in [6.07, 6.45) is 8.33. The first kappa shape index (κ1) is 14.0. The van der Waals surface area contributed by atoms with Gasteiger partial charge in [0.1, 0.15) is 11.7 Å². The van der Waals surface area contributed by atoms with Crippen LogP contribution in [-0.2, 0) is 13.6 Å². The first-order valence-electron chi connectivity index (χ1n) is 7.97. The molecule has 0 bridgehead atoms. The molecular weight excluding hydrogens is 286 g/mol. The van der Waals surface area contributed by atoms with Gasteiger partial charge in [0.05, 0.1) is 23.5 Å². The molecule has 5 heteroatoms. The molecule has 0 aliphatic carbocycles. The molecule has 1 unspecified atom stereocenters. The van der Waals surface area contributed by atoms with Crippen molar-refractivity contribution in [2.24, 2.45) is 7.05 Å². The van der Waals surface area contributed by atoms with Gasteiger partial charge in [0.25, 0.3) is 0 Å². The van der Waals surface area contributed by atoms with Gasteiger partial charge in [-0.05, 0) is 43.7 Å². The predicted molar refractivity (Wildman–Crippen MR) is 87.7 cm³/mol. The Kier molecular flexibility index (Phi) is 3.40. The minimum absolute atomic E-state index is 0.458. The van der Waals surface area contributed by atoms with Gasteiger partial charge >= 0.3 is 0 Å². The Morgan fingerprint density at radius 3 is 3.04 bits per heavy atom. The summed E-state index contributed by atoms with van der Waals surface area (Å²) in [5, 5.41) is 9.11. The maximum absolute atomic E-state index is 9.11. The minimum atomic E-state index is 0.458. The number of pyridine rings is 1. The zero-order valence-electron chi connectivity index (χ0n) is 13.2. The van der Waals surface area contributed by atoms with E-state index in [1.54, 1.807) is 0 Å². The van der Waals surface area contributed by atoms with E-state index < -0.39 is 0 Å². The molecule has 0 aromatic carbocycles. The van der Waals surface area contributed by atoms with E-state index in [2.05, 4.69) is 45.9 Å². The van der Waals surface area contributed by atoms with Crippen LogP contribution >= 0.6 is 0 Å². The van der Waals surface area contributed by atoms with Crippen molar-refractivity contribution in [3.05, 3.63) is 59.8 Å². The van der Waals surface area contributed by atoms with Gasteiger partial charge < -0.3 is 8.97 Å². The predicted octanol–water partition coefficient (Wildman–Crippen LogP) is 2.88. The molecular formula is C18H19N5. The van der Waals surface area contributed by atoms with Crippen molar-refractivity contribution < 1.29 is 0 Å². The molecule has 3 aromatic heterocycles. The van der Waals surface area contributed by atoms with Crippen LogP contribution in [0.4, 0.5) is 0 Å². The third kappa shape index (κ3) is 2.41. The molecule has 4 rings (SSSR count). The van der Waals surface area contributed by atoms with Crippen molar-refractivity contribution in [2.75, 3.05) is 6.54 Å². The lowest BCUT2D eigenvalue weighted by atomic mass is 10.1. The van der Waals surface area contributed by atoms with Crippen molar-refractivity contribution in [1.82, 2.24) is 18.9 Å². The Balaban J connectivity index is 1.65. The molecule has 1 atom stereocenters. The summed E-state index contributed by atoms with van der Waals surface area (Å²) < 4.78 is 4.25. The Hall–Kier alpha value is -2.58. The highest BCUT2D eigenvalue weighted by molar-refractivity contribution is 5.44. The average Bonchev–Trinajstić information content (AvgIpc) is 3.28. The number of imidazole rings is 1. The van der Waals surface area contributed by atoms with Gasteiger partial charge in [-0.15, -0.1) is 0 Å². The second-order valence-electron chi connectivity index (χ2n) is 6.18. The molecule has 1 saturated heterocycles. The molecule has 1 aliphatic rings. The van der Waals surface area contributed by atoms with E-state index in [9.17, 15) is 0 Å². The Bertz CT molecular complexity index is 882. The van der Waals surface area contributed by atoms with Gasteiger partial charge in [-0.3, -0.25) is 4.90 Å². The van der Waals surface area contributed by atoms with Crippen molar-refractivity contribution >= 4 is 5.65 Å². The van der Waals surface area contributed by atoms with E-state index in [-0.39, 0.29) is 0 Å². The fraction of sp³-hybridized carbons (Fsp3) is 0.333. The van der Waals surface area contributed by atoms with Crippen LogP contribution in [0.25, 0.3) is 5.65 Å². The Morgan fingerprint density at radius 2 is 2.26 bits per heavy atom. The molecule has 1 aliphatic heterocycles. The zero-order valence-corrected chi connectivity index (χ0v) is 13.2. The first-order chi connectivity index (χ1) is 11.3. The van der Waals surface area contributed by atoms with Crippen LogP contribution < -0.4 is 0 Å². The summed E-state index contributed by atoms with van der Waals surface area (Å²) in [4.78, 5) is 6.97. The van der Waals surface area contributed by atoms with Gasteiger partial charge in [-0.1, -0.05) is 0 Å². The largest absolute Gasteiger partial charge is 0.353 e. The molecule has 116 valence electrons. The molecule has 4 heterocycles. The van der Waals surface area contributed by atoms with Crippen LogP contribution in [0, 0.1) is 11.3 Å². The number of aryl methyl sites for hydroxylation is 1. The van der Waals surface area contributed by atoms with Crippen LogP contribution in [0.5, 0.6) is 0 Å². The summed E-state index contributed by atoms with van der Waals surface area (Å²) >= 11 is 0. The normalized spacial score (nSPS) is 18.5. The second kappa shape index (κ2) is 5.56. The van der Waals surface area contributed by atoms with Crippen LogP contribution in [0.2, 0.25) is 0 Å². The van der Waals surface area contributed by atoms with Gasteiger partial charge in [-0.25, -0.2) is 4.98 Å². The lowest BCUT2D eigenvalue weighted by Crippen LogP contribution is -2.24. The van der Waals surface area contributed by atoms with Gasteiger partial charge in [0.2, 0.25) is 0 Å². The maximum atomic E-state index is 9.11. The molecule has 1 fully saturated rings. The first-order valence-corrected chi connectivity index (χ1v) is 7.97. The van der Waals surface area contributed by atoms with E-state index in [1.807, 2.05) is 28.9 Å². The van der Waals surface area contributed by atoms with Crippen molar-refractivity contribution in [2.45, 2.75) is 25.4 Å². The zero-order chi connectivity index (χ0) is 15.8. The van der Waals surface area contributed by atoms with Gasteiger partial charge in [0, 0.05) is 31.7 Å². The highest BCUT2D eigenvalue weighted by Gasteiger charge is 2.28. The SMILES string of the molecule is Cn1cccc1C1CCCN1Cc1cnc2ccc(C#N)cn12. The molecule has 0 radical (unpaired) electrons.